The first-order valence-corrected chi connectivity index (χ1v) is 5.91. The van der Waals surface area contributed by atoms with Crippen molar-refractivity contribution in [2.75, 3.05) is 5.32 Å². The molecule has 88 valence electrons. The standard InChI is InChI=1S/C12H12N2O2S/c1-7-5-9(3-4-10(7)15)14-12(16)11-6-13-8(2)17-11/h3-6,15H,1-2H3,(H,14,16). The number of rotatable bonds is 2. The second kappa shape index (κ2) is 4.55. The largest absolute Gasteiger partial charge is 0.508 e. The maximum Gasteiger partial charge on any atom is 0.267 e. The highest BCUT2D eigenvalue weighted by atomic mass is 32.1. The molecule has 0 spiro atoms. The van der Waals surface area contributed by atoms with Crippen LogP contribution in [0.2, 0.25) is 0 Å². The normalized spacial score (nSPS) is 10.2. The van der Waals surface area contributed by atoms with Crippen LogP contribution in [0.3, 0.4) is 0 Å². The second-order valence-corrected chi connectivity index (χ2v) is 4.93. The molecule has 17 heavy (non-hydrogen) atoms. The molecule has 0 saturated carbocycles. The van der Waals surface area contributed by atoms with Crippen molar-refractivity contribution in [3.05, 3.63) is 39.8 Å². The lowest BCUT2D eigenvalue weighted by Crippen LogP contribution is -2.10. The summed E-state index contributed by atoms with van der Waals surface area (Å²) in [7, 11) is 0. The van der Waals surface area contributed by atoms with Gasteiger partial charge in [-0.05, 0) is 37.6 Å². The zero-order valence-corrected chi connectivity index (χ0v) is 10.3. The Hall–Kier alpha value is -1.88. The van der Waals surface area contributed by atoms with Gasteiger partial charge < -0.3 is 10.4 Å². The summed E-state index contributed by atoms with van der Waals surface area (Å²) < 4.78 is 0. The molecule has 0 aliphatic rings. The average Bonchev–Trinajstić information content (AvgIpc) is 2.70. The van der Waals surface area contributed by atoms with Crippen LogP contribution >= 0.6 is 11.3 Å². The Morgan fingerprint density at radius 2 is 2.18 bits per heavy atom. The molecule has 0 fully saturated rings. The highest BCUT2D eigenvalue weighted by Gasteiger charge is 2.09. The van der Waals surface area contributed by atoms with E-state index >= 15 is 0 Å². The SMILES string of the molecule is Cc1ncc(C(=O)Nc2ccc(O)c(C)c2)s1. The Labute approximate surface area is 103 Å². The van der Waals surface area contributed by atoms with E-state index in [9.17, 15) is 9.90 Å². The number of benzene rings is 1. The van der Waals surface area contributed by atoms with E-state index in [0.29, 0.717) is 10.6 Å². The van der Waals surface area contributed by atoms with Gasteiger partial charge >= 0.3 is 0 Å². The molecule has 2 rings (SSSR count). The molecule has 0 radical (unpaired) electrons. The van der Waals surface area contributed by atoms with Crippen molar-refractivity contribution in [2.45, 2.75) is 13.8 Å². The number of aromatic nitrogens is 1. The van der Waals surface area contributed by atoms with Gasteiger partial charge in [-0.2, -0.15) is 0 Å². The van der Waals surface area contributed by atoms with Crippen LogP contribution < -0.4 is 5.32 Å². The molecular formula is C12H12N2O2S. The minimum absolute atomic E-state index is 0.180. The summed E-state index contributed by atoms with van der Waals surface area (Å²) in [5.74, 6) is 0.0392. The van der Waals surface area contributed by atoms with Gasteiger partial charge in [-0.1, -0.05) is 0 Å². The van der Waals surface area contributed by atoms with E-state index in [1.807, 2.05) is 6.92 Å². The summed E-state index contributed by atoms with van der Waals surface area (Å²) in [6.45, 7) is 3.63. The van der Waals surface area contributed by atoms with E-state index in [4.69, 9.17) is 0 Å². The Morgan fingerprint density at radius 1 is 1.41 bits per heavy atom. The molecule has 1 aromatic carbocycles. The van der Waals surface area contributed by atoms with Gasteiger partial charge in [0.05, 0.1) is 11.2 Å². The maximum atomic E-state index is 11.8. The van der Waals surface area contributed by atoms with Crippen LogP contribution in [0, 0.1) is 13.8 Å². The molecule has 5 heteroatoms. The number of nitrogens with one attached hydrogen (secondary N) is 1. The topological polar surface area (TPSA) is 62.2 Å². The lowest BCUT2D eigenvalue weighted by atomic mass is 10.2. The van der Waals surface area contributed by atoms with Crippen molar-refractivity contribution in [3.63, 3.8) is 0 Å². The molecule has 0 unspecified atom stereocenters. The number of amides is 1. The Balaban J connectivity index is 2.15. The fraction of sp³-hybridized carbons (Fsp3) is 0.167. The number of hydrogen-bond acceptors (Lipinski definition) is 4. The third kappa shape index (κ3) is 2.62. The lowest BCUT2D eigenvalue weighted by molar-refractivity contribution is 0.103. The van der Waals surface area contributed by atoms with Gasteiger partial charge in [-0.25, -0.2) is 4.98 Å². The molecule has 0 saturated heterocycles. The molecule has 4 nitrogen and oxygen atoms in total. The molecular weight excluding hydrogens is 236 g/mol. The number of aromatic hydroxyl groups is 1. The fourth-order valence-electron chi connectivity index (χ4n) is 1.39. The smallest absolute Gasteiger partial charge is 0.267 e. The van der Waals surface area contributed by atoms with Gasteiger partial charge in [0.15, 0.2) is 0 Å². The van der Waals surface area contributed by atoms with E-state index in [-0.39, 0.29) is 11.7 Å². The highest BCUT2D eigenvalue weighted by Crippen LogP contribution is 2.21. The van der Waals surface area contributed by atoms with Crippen molar-refractivity contribution < 1.29 is 9.90 Å². The molecule has 0 aliphatic carbocycles. The molecule has 1 heterocycles. The fourth-order valence-corrected chi connectivity index (χ4v) is 2.07. The molecule has 2 aromatic rings. The van der Waals surface area contributed by atoms with Crippen LogP contribution in [0.1, 0.15) is 20.2 Å². The van der Waals surface area contributed by atoms with Crippen LogP contribution in [0.25, 0.3) is 0 Å². The zero-order valence-electron chi connectivity index (χ0n) is 9.52. The van der Waals surface area contributed by atoms with Gasteiger partial charge in [-0.3, -0.25) is 4.79 Å². The van der Waals surface area contributed by atoms with Crippen LogP contribution in [-0.4, -0.2) is 16.0 Å². The predicted molar refractivity (Wildman–Crippen MR) is 67.6 cm³/mol. The van der Waals surface area contributed by atoms with E-state index in [2.05, 4.69) is 10.3 Å². The summed E-state index contributed by atoms with van der Waals surface area (Å²) in [5.41, 5.74) is 1.39. The third-order valence-electron chi connectivity index (χ3n) is 2.30. The van der Waals surface area contributed by atoms with Crippen LogP contribution in [-0.2, 0) is 0 Å². The monoisotopic (exact) mass is 248 g/mol. The molecule has 1 amide bonds. The summed E-state index contributed by atoms with van der Waals surface area (Å²) in [5, 5.41) is 13.0. The summed E-state index contributed by atoms with van der Waals surface area (Å²) in [4.78, 5) is 16.4. The van der Waals surface area contributed by atoms with Crippen molar-refractivity contribution in [1.82, 2.24) is 4.98 Å². The van der Waals surface area contributed by atoms with Gasteiger partial charge in [-0.15, -0.1) is 11.3 Å². The summed E-state index contributed by atoms with van der Waals surface area (Å²) in [6, 6.07) is 4.94. The van der Waals surface area contributed by atoms with Gasteiger partial charge in [0.2, 0.25) is 0 Å². The summed E-state index contributed by atoms with van der Waals surface area (Å²) in [6.07, 6.45) is 1.56. The van der Waals surface area contributed by atoms with E-state index in [0.717, 1.165) is 10.6 Å². The number of phenols is 1. The number of carbonyl (C=O) groups excluding carboxylic acids is 1. The van der Waals surface area contributed by atoms with Gasteiger partial charge in [0.25, 0.3) is 5.91 Å². The number of thiazole rings is 1. The van der Waals surface area contributed by atoms with Gasteiger partial charge in [0, 0.05) is 5.69 Å². The first-order valence-electron chi connectivity index (χ1n) is 5.09. The number of carbonyl (C=O) groups is 1. The Kier molecular flexibility index (Phi) is 3.10. The van der Waals surface area contributed by atoms with Crippen molar-refractivity contribution in [3.8, 4) is 5.75 Å². The average molecular weight is 248 g/mol. The molecule has 0 aliphatic heterocycles. The highest BCUT2D eigenvalue weighted by molar-refractivity contribution is 7.13. The Bertz CT molecular complexity index is 563. The maximum absolute atomic E-state index is 11.8. The van der Waals surface area contributed by atoms with E-state index in [1.165, 1.54) is 11.3 Å². The van der Waals surface area contributed by atoms with Crippen molar-refractivity contribution in [1.29, 1.82) is 0 Å². The minimum Gasteiger partial charge on any atom is -0.508 e. The van der Waals surface area contributed by atoms with Crippen LogP contribution in [0.4, 0.5) is 5.69 Å². The van der Waals surface area contributed by atoms with E-state index in [1.54, 1.807) is 31.3 Å². The lowest BCUT2D eigenvalue weighted by Gasteiger charge is -2.05. The number of phenolic OH excluding ortho intramolecular Hbond substituents is 1. The predicted octanol–water partition coefficient (Wildman–Crippen LogP) is 2.72. The molecule has 2 N–H and O–H groups in total. The van der Waals surface area contributed by atoms with Crippen molar-refractivity contribution >= 4 is 22.9 Å². The molecule has 0 bridgehead atoms. The number of hydrogen-bond donors (Lipinski definition) is 2. The number of nitrogens with zero attached hydrogens (tertiary/aromatic N) is 1. The first kappa shape index (κ1) is 11.6. The van der Waals surface area contributed by atoms with Crippen molar-refractivity contribution in [2.24, 2.45) is 0 Å². The van der Waals surface area contributed by atoms with Crippen LogP contribution in [0.5, 0.6) is 5.75 Å². The zero-order chi connectivity index (χ0) is 12.4. The molecule has 1 aromatic heterocycles. The quantitative estimate of drug-likeness (QED) is 0.803. The first-order chi connectivity index (χ1) is 8.06. The summed E-state index contributed by atoms with van der Waals surface area (Å²) >= 11 is 1.35. The Morgan fingerprint density at radius 3 is 2.76 bits per heavy atom. The second-order valence-electron chi connectivity index (χ2n) is 3.70. The van der Waals surface area contributed by atoms with Crippen LogP contribution in [0.15, 0.2) is 24.4 Å². The number of aryl methyl sites for hydroxylation is 2. The molecule has 0 atom stereocenters. The minimum atomic E-state index is -0.180. The van der Waals surface area contributed by atoms with E-state index < -0.39 is 0 Å². The number of anilines is 1. The third-order valence-corrected chi connectivity index (χ3v) is 3.21. The van der Waals surface area contributed by atoms with Gasteiger partial charge in [0.1, 0.15) is 10.6 Å².